The molecule has 0 amide bonds. The molecular formula is C13H15FIN3O2S. The number of hydrogen-bond acceptors (Lipinski definition) is 3. The van der Waals surface area contributed by atoms with Crippen LogP contribution in [0.2, 0.25) is 0 Å². The Morgan fingerprint density at radius 3 is 2.76 bits per heavy atom. The number of halogens is 2. The number of aryl methyl sites for hydroxylation is 2. The van der Waals surface area contributed by atoms with Crippen molar-refractivity contribution < 1.29 is 12.8 Å². The van der Waals surface area contributed by atoms with Gasteiger partial charge >= 0.3 is 0 Å². The minimum atomic E-state index is -3.78. The van der Waals surface area contributed by atoms with Crippen LogP contribution in [0, 0.1) is 16.3 Å². The first kappa shape index (κ1) is 16.2. The van der Waals surface area contributed by atoms with E-state index in [0.29, 0.717) is 21.6 Å². The van der Waals surface area contributed by atoms with Crippen LogP contribution in [0.3, 0.4) is 0 Å². The molecule has 0 bridgehead atoms. The quantitative estimate of drug-likeness (QED) is 0.752. The summed E-state index contributed by atoms with van der Waals surface area (Å²) < 4.78 is 42.4. The van der Waals surface area contributed by atoms with E-state index in [1.807, 2.05) is 29.5 Å². The largest absolute Gasteiger partial charge is 0.334 e. The van der Waals surface area contributed by atoms with Gasteiger partial charge < -0.3 is 4.57 Å². The van der Waals surface area contributed by atoms with Gasteiger partial charge in [-0.2, -0.15) is 8.42 Å². The molecule has 0 fully saturated rings. The van der Waals surface area contributed by atoms with E-state index in [1.54, 1.807) is 11.5 Å². The van der Waals surface area contributed by atoms with Gasteiger partial charge in [0.05, 0.1) is 5.69 Å². The highest BCUT2D eigenvalue weighted by Crippen LogP contribution is 2.22. The average molecular weight is 423 g/mol. The second-order valence-corrected chi connectivity index (χ2v) is 7.34. The van der Waals surface area contributed by atoms with Crippen LogP contribution in [0.1, 0.15) is 19.2 Å². The average Bonchev–Trinajstić information content (AvgIpc) is 2.76. The number of nitrogens with zero attached hydrogens (tertiary/aromatic N) is 2. The number of aromatic nitrogens is 2. The maximum absolute atomic E-state index is 13.0. The molecule has 0 saturated heterocycles. The smallest absolute Gasteiger partial charge is 0.280 e. The molecule has 1 heterocycles. The lowest BCUT2D eigenvalue weighted by molar-refractivity contribution is 0.597. The number of nitrogens with one attached hydrogen (secondary N) is 1. The van der Waals surface area contributed by atoms with E-state index in [0.717, 1.165) is 6.42 Å². The zero-order chi connectivity index (χ0) is 15.6. The SMILES string of the molecule is CCCn1cc(S(=O)(=O)Nc2ccc(F)cc2I)nc1C. The van der Waals surface area contributed by atoms with Crippen LogP contribution >= 0.6 is 22.6 Å². The van der Waals surface area contributed by atoms with E-state index >= 15 is 0 Å². The number of benzene rings is 1. The van der Waals surface area contributed by atoms with Crippen molar-refractivity contribution in [2.75, 3.05) is 4.72 Å². The van der Waals surface area contributed by atoms with Gasteiger partial charge in [0, 0.05) is 16.3 Å². The van der Waals surface area contributed by atoms with Gasteiger partial charge in [0.1, 0.15) is 11.6 Å². The Morgan fingerprint density at radius 1 is 1.43 bits per heavy atom. The predicted octanol–water partition coefficient (Wildman–Crippen LogP) is 3.15. The van der Waals surface area contributed by atoms with Gasteiger partial charge in [0.15, 0.2) is 5.03 Å². The van der Waals surface area contributed by atoms with E-state index in [1.165, 1.54) is 24.4 Å². The second-order valence-electron chi connectivity index (χ2n) is 4.55. The standard InChI is InChI=1S/C13H15FIN3O2S/c1-3-6-18-8-13(16-9(18)2)21(19,20)17-12-5-4-10(14)7-11(12)15/h4-5,7-8,17H,3,6H2,1-2H3. The van der Waals surface area contributed by atoms with E-state index in [4.69, 9.17) is 0 Å². The van der Waals surface area contributed by atoms with Crippen molar-refractivity contribution in [1.82, 2.24) is 9.55 Å². The minimum Gasteiger partial charge on any atom is -0.334 e. The maximum atomic E-state index is 13.0. The Labute approximate surface area is 136 Å². The summed E-state index contributed by atoms with van der Waals surface area (Å²) in [4.78, 5) is 4.08. The molecule has 1 aromatic carbocycles. The Hall–Kier alpha value is -1.16. The molecule has 0 aliphatic heterocycles. The fourth-order valence-electron chi connectivity index (χ4n) is 1.85. The van der Waals surface area contributed by atoms with Crippen LogP contribution < -0.4 is 4.72 Å². The van der Waals surface area contributed by atoms with Crippen molar-refractivity contribution in [2.45, 2.75) is 31.8 Å². The monoisotopic (exact) mass is 423 g/mol. The molecule has 0 aliphatic carbocycles. The molecule has 0 saturated carbocycles. The fourth-order valence-corrected chi connectivity index (χ4v) is 3.73. The van der Waals surface area contributed by atoms with Crippen LogP contribution in [-0.4, -0.2) is 18.0 Å². The lowest BCUT2D eigenvalue weighted by Crippen LogP contribution is -2.14. The Bertz CT molecular complexity index is 759. The molecule has 1 aromatic heterocycles. The Kier molecular flexibility index (Phi) is 4.87. The number of imidazole rings is 1. The fraction of sp³-hybridized carbons (Fsp3) is 0.308. The second kappa shape index (κ2) is 6.30. The molecule has 0 atom stereocenters. The summed E-state index contributed by atoms with van der Waals surface area (Å²) in [5, 5.41) is -0.0337. The van der Waals surface area contributed by atoms with Crippen molar-refractivity contribution in [3.05, 3.63) is 39.6 Å². The van der Waals surface area contributed by atoms with Gasteiger partial charge in [-0.25, -0.2) is 9.37 Å². The molecule has 2 rings (SSSR count). The predicted molar refractivity (Wildman–Crippen MR) is 87.2 cm³/mol. The van der Waals surface area contributed by atoms with Crippen molar-refractivity contribution >= 4 is 38.3 Å². The lowest BCUT2D eigenvalue weighted by atomic mass is 10.3. The third kappa shape index (κ3) is 3.73. The van der Waals surface area contributed by atoms with Crippen LogP contribution in [0.5, 0.6) is 0 Å². The first-order valence-corrected chi connectivity index (χ1v) is 8.91. The van der Waals surface area contributed by atoms with Gasteiger partial charge in [-0.3, -0.25) is 4.72 Å². The number of hydrogen-bond donors (Lipinski definition) is 1. The summed E-state index contributed by atoms with van der Waals surface area (Å²) in [5.74, 6) is 0.233. The molecule has 0 unspecified atom stereocenters. The molecule has 0 radical (unpaired) electrons. The Morgan fingerprint density at radius 2 is 2.14 bits per heavy atom. The van der Waals surface area contributed by atoms with Crippen LogP contribution in [-0.2, 0) is 16.6 Å². The van der Waals surface area contributed by atoms with Crippen molar-refractivity contribution in [3.63, 3.8) is 0 Å². The molecule has 5 nitrogen and oxygen atoms in total. The Balaban J connectivity index is 2.32. The topological polar surface area (TPSA) is 64.0 Å². The highest BCUT2D eigenvalue weighted by atomic mass is 127. The van der Waals surface area contributed by atoms with Gasteiger partial charge in [-0.05, 0) is 54.1 Å². The van der Waals surface area contributed by atoms with Gasteiger partial charge in [-0.15, -0.1) is 0 Å². The van der Waals surface area contributed by atoms with E-state index in [9.17, 15) is 12.8 Å². The molecule has 0 spiro atoms. The zero-order valence-electron chi connectivity index (χ0n) is 11.6. The molecule has 8 heteroatoms. The summed E-state index contributed by atoms with van der Waals surface area (Å²) in [6, 6.07) is 3.87. The number of sulfonamides is 1. The maximum Gasteiger partial charge on any atom is 0.280 e. The van der Waals surface area contributed by atoms with Gasteiger partial charge in [-0.1, -0.05) is 6.92 Å². The normalized spacial score (nSPS) is 11.6. The summed E-state index contributed by atoms with van der Waals surface area (Å²) >= 11 is 1.88. The lowest BCUT2D eigenvalue weighted by Gasteiger charge is -2.07. The first-order chi connectivity index (χ1) is 9.83. The summed E-state index contributed by atoms with van der Waals surface area (Å²) in [6.07, 6.45) is 2.40. The number of rotatable bonds is 5. The highest BCUT2D eigenvalue weighted by molar-refractivity contribution is 14.1. The van der Waals surface area contributed by atoms with Crippen LogP contribution in [0.4, 0.5) is 10.1 Å². The van der Waals surface area contributed by atoms with Crippen molar-refractivity contribution in [3.8, 4) is 0 Å². The summed E-state index contributed by atoms with van der Waals surface area (Å²) in [5.41, 5.74) is 0.333. The van der Waals surface area contributed by atoms with E-state index in [2.05, 4.69) is 9.71 Å². The van der Waals surface area contributed by atoms with Crippen LogP contribution in [0.25, 0.3) is 0 Å². The molecule has 0 aliphatic rings. The van der Waals surface area contributed by atoms with Crippen molar-refractivity contribution in [1.29, 1.82) is 0 Å². The third-order valence-electron chi connectivity index (χ3n) is 2.87. The number of anilines is 1. The summed E-state index contributed by atoms with van der Waals surface area (Å²) in [7, 11) is -3.78. The first-order valence-electron chi connectivity index (χ1n) is 6.35. The highest BCUT2D eigenvalue weighted by Gasteiger charge is 2.20. The van der Waals surface area contributed by atoms with E-state index in [-0.39, 0.29) is 5.03 Å². The summed E-state index contributed by atoms with van der Waals surface area (Å²) in [6.45, 7) is 4.48. The molecule has 1 N–H and O–H groups in total. The zero-order valence-corrected chi connectivity index (χ0v) is 14.6. The molecule has 2 aromatic rings. The molecule has 114 valence electrons. The van der Waals surface area contributed by atoms with Gasteiger partial charge in [0.25, 0.3) is 10.0 Å². The minimum absolute atomic E-state index is 0.0337. The van der Waals surface area contributed by atoms with Crippen LogP contribution in [0.15, 0.2) is 29.4 Å². The molecule has 21 heavy (non-hydrogen) atoms. The molecular weight excluding hydrogens is 408 g/mol. The van der Waals surface area contributed by atoms with E-state index < -0.39 is 15.8 Å². The van der Waals surface area contributed by atoms with Gasteiger partial charge in [0.2, 0.25) is 0 Å². The third-order valence-corrected chi connectivity index (χ3v) is 5.00. The van der Waals surface area contributed by atoms with Crippen molar-refractivity contribution in [2.24, 2.45) is 0 Å².